The van der Waals surface area contributed by atoms with Crippen LogP contribution < -0.4 is 10.6 Å². The first-order valence-corrected chi connectivity index (χ1v) is 7.09. The molecule has 0 bridgehead atoms. The number of nitrogens with one attached hydrogen (secondary N) is 2. The van der Waals surface area contributed by atoms with Crippen molar-refractivity contribution in [3.8, 4) is 0 Å². The first-order chi connectivity index (χ1) is 9.26. The molecule has 2 N–H and O–H groups in total. The van der Waals surface area contributed by atoms with E-state index >= 15 is 0 Å². The summed E-state index contributed by atoms with van der Waals surface area (Å²) in [6.45, 7) is 2.69. The largest absolute Gasteiger partial charge is 0.387 e. The van der Waals surface area contributed by atoms with Gasteiger partial charge in [-0.05, 0) is 29.5 Å². The molecule has 2 aromatic rings. The molecule has 2 rings (SSSR count). The number of carbonyl (C=O) groups excluding carboxylic acids is 1. The fourth-order valence-corrected chi connectivity index (χ4v) is 2.80. The second-order valence-electron chi connectivity index (χ2n) is 4.08. The fourth-order valence-electron chi connectivity index (χ4n) is 1.89. The molecule has 4 nitrogen and oxygen atoms in total. The highest BCUT2D eigenvalue weighted by Gasteiger charge is 2.11. The van der Waals surface area contributed by atoms with E-state index in [0.29, 0.717) is 12.1 Å². The molecular formula is C14H17N3OS. The number of anilines is 1. The minimum Gasteiger partial charge on any atom is -0.387 e. The lowest BCUT2D eigenvalue weighted by molar-refractivity contribution is 0.0951. The molecule has 0 aromatic carbocycles. The lowest BCUT2D eigenvalue weighted by Gasteiger charge is -2.09. The summed E-state index contributed by atoms with van der Waals surface area (Å²) in [6.07, 6.45) is 4.23. The Morgan fingerprint density at radius 2 is 2.26 bits per heavy atom. The number of nitrogens with zero attached hydrogens (tertiary/aromatic N) is 1. The molecule has 1 amide bonds. The molecule has 0 radical (unpaired) electrons. The van der Waals surface area contributed by atoms with Crippen molar-refractivity contribution >= 4 is 22.9 Å². The van der Waals surface area contributed by atoms with Crippen LogP contribution in [0.4, 0.5) is 5.69 Å². The van der Waals surface area contributed by atoms with Crippen molar-refractivity contribution in [3.63, 3.8) is 0 Å². The molecule has 0 spiro atoms. The highest BCUT2D eigenvalue weighted by molar-refractivity contribution is 7.10. The van der Waals surface area contributed by atoms with E-state index in [1.807, 2.05) is 0 Å². The van der Waals surface area contributed by atoms with Crippen LogP contribution in [0.3, 0.4) is 0 Å². The summed E-state index contributed by atoms with van der Waals surface area (Å²) in [5.74, 6) is -0.104. The van der Waals surface area contributed by atoms with E-state index in [1.54, 1.807) is 36.8 Å². The lowest BCUT2D eigenvalue weighted by atomic mass is 10.2. The second-order valence-corrected chi connectivity index (χ2v) is 5.08. The number of rotatable bonds is 5. The zero-order chi connectivity index (χ0) is 13.7. The summed E-state index contributed by atoms with van der Waals surface area (Å²) >= 11 is 1.68. The molecule has 0 atom stereocenters. The maximum absolute atomic E-state index is 12.1. The molecule has 0 saturated carbocycles. The van der Waals surface area contributed by atoms with Gasteiger partial charge < -0.3 is 10.6 Å². The smallest absolute Gasteiger partial charge is 0.255 e. The Labute approximate surface area is 116 Å². The zero-order valence-corrected chi connectivity index (χ0v) is 11.9. The average molecular weight is 275 g/mol. The van der Waals surface area contributed by atoms with Crippen LogP contribution in [0, 0.1) is 0 Å². The Bertz CT molecular complexity index is 565. The van der Waals surface area contributed by atoms with E-state index in [-0.39, 0.29) is 5.91 Å². The van der Waals surface area contributed by atoms with Gasteiger partial charge in [-0.15, -0.1) is 11.3 Å². The van der Waals surface area contributed by atoms with Crippen LogP contribution >= 0.6 is 11.3 Å². The van der Waals surface area contributed by atoms with Crippen molar-refractivity contribution < 1.29 is 4.79 Å². The first-order valence-electron chi connectivity index (χ1n) is 6.21. The van der Waals surface area contributed by atoms with Gasteiger partial charge in [0.15, 0.2) is 0 Å². The van der Waals surface area contributed by atoms with Crippen molar-refractivity contribution in [3.05, 3.63) is 45.9 Å². The molecule has 5 heteroatoms. The van der Waals surface area contributed by atoms with Crippen LogP contribution in [0.15, 0.2) is 29.9 Å². The predicted octanol–water partition coefficient (Wildman–Crippen LogP) is 2.68. The van der Waals surface area contributed by atoms with Gasteiger partial charge in [0.2, 0.25) is 0 Å². The third-order valence-electron chi connectivity index (χ3n) is 2.96. The number of amides is 1. The Kier molecular flexibility index (Phi) is 4.52. The third-order valence-corrected chi connectivity index (χ3v) is 3.93. The topological polar surface area (TPSA) is 54.0 Å². The first kappa shape index (κ1) is 13.5. The summed E-state index contributed by atoms with van der Waals surface area (Å²) in [5.41, 5.74) is 2.65. The van der Waals surface area contributed by atoms with Gasteiger partial charge in [0.25, 0.3) is 5.91 Å². The molecule has 19 heavy (non-hydrogen) atoms. The number of hydrogen-bond donors (Lipinski definition) is 2. The highest BCUT2D eigenvalue weighted by Crippen LogP contribution is 2.18. The summed E-state index contributed by atoms with van der Waals surface area (Å²) in [4.78, 5) is 17.3. The summed E-state index contributed by atoms with van der Waals surface area (Å²) in [7, 11) is 1.79. The second kappa shape index (κ2) is 6.33. The van der Waals surface area contributed by atoms with Gasteiger partial charge in [0.1, 0.15) is 0 Å². The number of hydrogen-bond acceptors (Lipinski definition) is 4. The normalized spacial score (nSPS) is 10.2. The average Bonchev–Trinajstić information content (AvgIpc) is 2.92. The molecule has 0 aliphatic rings. The minimum absolute atomic E-state index is 0.104. The molecule has 100 valence electrons. The fraction of sp³-hybridized carbons (Fsp3) is 0.286. The van der Waals surface area contributed by atoms with Crippen molar-refractivity contribution in [1.29, 1.82) is 0 Å². The van der Waals surface area contributed by atoms with Crippen LogP contribution in [0.25, 0.3) is 0 Å². The van der Waals surface area contributed by atoms with Crippen molar-refractivity contribution in [1.82, 2.24) is 10.3 Å². The Hall–Kier alpha value is -1.88. The summed E-state index contributed by atoms with van der Waals surface area (Å²) in [6, 6.07) is 3.90. The molecule has 0 fully saturated rings. The van der Waals surface area contributed by atoms with Crippen LogP contribution in [-0.4, -0.2) is 17.9 Å². The number of aromatic nitrogens is 1. The third kappa shape index (κ3) is 3.12. The van der Waals surface area contributed by atoms with Gasteiger partial charge >= 0.3 is 0 Å². The van der Waals surface area contributed by atoms with Crippen molar-refractivity contribution in [2.75, 3.05) is 12.4 Å². The van der Waals surface area contributed by atoms with Crippen LogP contribution in [0.2, 0.25) is 0 Å². The monoisotopic (exact) mass is 275 g/mol. The quantitative estimate of drug-likeness (QED) is 0.882. The van der Waals surface area contributed by atoms with Crippen LogP contribution in [-0.2, 0) is 13.0 Å². The van der Waals surface area contributed by atoms with Gasteiger partial charge in [-0.1, -0.05) is 6.92 Å². The van der Waals surface area contributed by atoms with Gasteiger partial charge in [-0.2, -0.15) is 0 Å². The molecule has 0 aliphatic carbocycles. The Balaban J connectivity index is 2.05. The van der Waals surface area contributed by atoms with Crippen LogP contribution in [0.1, 0.15) is 27.7 Å². The van der Waals surface area contributed by atoms with Crippen molar-refractivity contribution in [2.45, 2.75) is 19.9 Å². The Morgan fingerprint density at radius 1 is 1.42 bits per heavy atom. The number of thiophene rings is 1. The Morgan fingerprint density at radius 3 is 3.00 bits per heavy atom. The number of pyridine rings is 1. The highest BCUT2D eigenvalue weighted by atomic mass is 32.1. The molecule has 0 saturated heterocycles. The zero-order valence-electron chi connectivity index (χ0n) is 11.1. The number of aryl methyl sites for hydroxylation is 1. The summed E-state index contributed by atoms with van der Waals surface area (Å²) < 4.78 is 0. The molecule has 0 aliphatic heterocycles. The predicted molar refractivity (Wildman–Crippen MR) is 78.7 cm³/mol. The standard InChI is InChI=1S/C14H17N3OS/c1-3-10-5-7-19-13(10)9-17-14(18)11-8-16-6-4-12(11)15-2/h4-8H,3,9H2,1-2H3,(H,15,16)(H,17,18). The molecule has 2 aromatic heterocycles. The van der Waals surface area contributed by atoms with E-state index in [2.05, 4.69) is 34.0 Å². The van der Waals surface area contributed by atoms with E-state index < -0.39 is 0 Å². The lowest BCUT2D eigenvalue weighted by Crippen LogP contribution is -2.23. The number of carbonyl (C=O) groups is 1. The van der Waals surface area contributed by atoms with E-state index in [0.717, 1.165) is 12.1 Å². The van der Waals surface area contributed by atoms with Gasteiger partial charge in [0.05, 0.1) is 12.1 Å². The van der Waals surface area contributed by atoms with Crippen molar-refractivity contribution in [2.24, 2.45) is 0 Å². The van der Waals surface area contributed by atoms with Gasteiger partial charge in [0, 0.05) is 30.0 Å². The van der Waals surface area contributed by atoms with E-state index in [1.165, 1.54) is 10.4 Å². The molecule has 0 unspecified atom stereocenters. The SMILES string of the molecule is CCc1ccsc1CNC(=O)c1cnccc1NC. The summed E-state index contributed by atoms with van der Waals surface area (Å²) in [5, 5.41) is 8.00. The van der Waals surface area contributed by atoms with E-state index in [4.69, 9.17) is 0 Å². The van der Waals surface area contributed by atoms with Gasteiger partial charge in [-0.3, -0.25) is 9.78 Å². The minimum atomic E-state index is -0.104. The van der Waals surface area contributed by atoms with Gasteiger partial charge in [-0.25, -0.2) is 0 Å². The maximum Gasteiger partial charge on any atom is 0.255 e. The maximum atomic E-state index is 12.1. The molecular weight excluding hydrogens is 258 g/mol. The van der Waals surface area contributed by atoms with E-state index in [9.17, 15) is 4.79 Å². The van der Waals surface area contributed by atoms with Crippen LogP contribution in [0.5, 0.6) is 0 Å². The molecule has 2 heterocycles.